The van der Waals surface area contributed by atoms with Crippen molar-refractivity contribution in [2.24, 2.45) is 0 Å². The second-order valence-corrected chi connectivity index (χ2v) is 15.6. The van der Waals surface area contributed by atoms with Crippen molar-refractivity contribution >= 4 is 75.1 Å². The van der Waals surface area contributed by atoms with Crippen molar-refractivity contribution in [3.63, 3.8) is 0 Å². The summed E-state index contributed by atoms with van der Waals surface area (Å²) in [6.07, 6.45) is 0. The van der Waals surface area contributed by atoms with Crippen molar-refractivity contribution in [2.75, 3.05) is 0 Å². The van der Waals surface area contributed by atoms with Gasteiger partial charge in [0.05, 0.1) is 22.1 Å². The molecular weight excluding hydrogens is 715 g/mol. The summed E-state index contributed by atoms with van der Waals surface area (Å²) in [6.45, 7) is 0. The Bertz CT molecular complexity index is 3490. The number of thiophene rings is 1. The van der Waals surface area contributed by atoms with E-state index in [9.17, 15) is 0 Å². The molecule has 0 radical (unpaired) electrons. The molecule has 57 heavy (non-hydrogen) atoms. The minimum Gasteiger partial charge on any atom is -0.278 e. The molecule has 0 fully saturated rings. The van der Waals surface area contributed by atoms with E-state index in [1.54, 1.807) is 0 Å². The Morgan fingerprint density at radius 3 is 1.46 bits per heavy atom. The number of hydrogen-bond donors (Lipinski definition) is 0. The van der Waals surface area contributed by atoms with Crippen LogP contribution in [0.3, 0.4) is 0 Å². The van der Waals surface area contributed by atoms with E-state index in [4.69, 9.17) is 15.0 Å². The molecule has 0 unspecified atom stereocenters. The number of nitrogens with zero attached hydrogens (tertiary/aromatic N) is 5. The third-order valence-electron chi connectivity index (χ3n) is 11.2. The van der Waals surface area contributed by atoms with E-state index in [2.05, 4.69) is 197 Å². The zero-order chi connectivity index (χ0) is 37.5. The van der Waals surface area contributed by atoms with Gasteiger partial charge in [0.1, 0.15) is 0 Å². The van der Waals surface area contributed by atoms with Crippen LogP contribution in [0.2, 0.25) is 0 Å². The van der Waals surface area contributed by atoms with Crippen LogP contribution >= 0.6 is 11.3 Å². The Hall–Kier alpha value is -7.41. The maximum atomic E-state index is 5.39. The monoisotopic (exact) mass is 745 g/mol. The van der Waals surface area contributed by atoms with Gasteiger partial charge >= 0.3 is 0 Å². The normalized spacial score (nSPS) is 11.9. The van der Waals surface area contributed by atoms with E-state index in [-0.39, 0.29) is 0 Å². The molecule has 12 aromatic rings. The lowest BCUT2D eigenvalue weighted by Gasteiger charge is -2.13. The van der Waals surface area contributed by atoms with Gasteiger partial charge in [0, 0.05) is 47.3 Å². The maximum absolute atomic E-state index is 5.39. The maximum Gasteiger partial charge on any atom is 0.240 e. The van der Waals surface area contributed by atoms with Crippen LogP contribution in [-0.2, 0) is 0 Å². The minimum atomic E-state index is 0.561. The van der Waals surface area contributed by atoms with Crippen LogP contribution in [-0.4, -0.2) is 24.1 Å². The summed E-state index contributed by atoms with van der Waals surface area (Å²) >= 11 is 1.84. The minimum absolute atomic E-state index is 0.561. The van der Waals surface area contributed by atoms with Gasteiger partial charge in [-0.15, -0.1) is 11.3 Å². The third kappa shape index (κ3) is 5.04. The average Bonchev–Trinajstić information content (AvgIpc) is 3.94. The van der Waals surface area contributed by atoms with E-state index in [0.29, 0.717) is 17.7 Å². The number of rotatable bonds is 5. The molecule has 0 N–H and O–H groups in total. The molecule has 0 amide bonds. The molecule has 0 spiro atoms. The molecule has 0 saturated carbocycles. The molecule has 12 rings (SSSR count). The summed E-state index contributed by atoms with van der Waals surface area (Å²) in [6, 6.07) is 66.8. The number of benzene rings is 8. The van der Waals surface area contributed by atoms with Crippen LogP contribution in [0, 0.1) is 0 Å². The predicted molar refractivity (Wildman–Crippen MR) is 238 cm³/mol. The molecule has 0 aliphatic rings. The molecule has 6 heteroatoms. The first-order chi connectivity index (χ1) is 28.2. The molecule has 0 aliphatic heterocycles. The van der Waals surface area contributed by atoms with Crippen LogP contribution in [0.25, 0.3) is 109 Å². The van der Waals surface area contributed by atoms with Gasteiger partial charge in [-0.05, 0) is 64.7 Å². The first-order valence-electron chi connectivity index (χ1n) is 19.1. The van der Waals surface area contributed by atoms with E-state index >= 15 is 0 Å². The van der Waals surface area contributed by atoms with Crippen LogP contribution in [0.4, 0.5) is 0 Å². The van der Waals surface area contributed by atoms with Gasteiger partial charge in [-0.1, -0.05) is 146 Å². The molecule has 0 bridgehead atoms. The molecule has 4 heterocycles. The lowest BCUT2D eigenvalue weighted by atomic mass is 10.0. The Kier molecular flexibility index (Phi) is 7.03. The fourth-order valence-corrected chi connectivity index (χ4v) is 9.71. The largest absolute Gasteiger partial charge is 0.278 e. The summed E-state index contributed by atoms with van der Waals surface area (Å²) in [5.74, 6) is 1.73. The fourth-order valence-electron chi connectivity index (χ4n) is 8.56. The van der Waals surface area contributed by atoms with Crippen molar-refractivity contribution in [1.82, 2.24) is 24.1 Å². The molecule has 8 aromatic carbocycles. The second-order valence-electron chi connectivity index (χ2n) is 14.5. The lowest BCUT2D eigenvalue weighted by Crippen LogP contribution is -2.10. The lowest BCUT2D eigenvalue weighted by molar-refractivity contribution is 0.893. The molecule has 0 saturated heterocycles. The molecule has 5 nitrogen and oxygen atoms in total. The summed E-state index contributed by atoms with van der Waals surface area (Å²) < 4.78 is 6.96. The zero-order valence-electron chi connectivity index (χ0n) is 30.5. The van der Waals surface area contributed by atoms with E-state index in [1.807, 2.05) is 11.3 Å². The van der Waals surface area contributed by atoms with Crippen molar-refractivity contribution in [3.05, 3.63) is 188 Å². The molecular formula is C51H31N5S. The van der Waals surface area contributed by atoms with Crippen LogP contribution < -0.4 is 0 Å². The van der Waals surface area contributed by atoms with Crippen molar-refractivity contribution in [2.45, 2.75) is 0 Å². The standard InChI is InChI=1S/C51H31N5S/c1-2-13-32(14-3-1)34-25-27-40-39-19-6-10-23-45(39)56(46(40)30-34)51-53-49(52-50(54-51)55-43-21-8-4-17-37(43)38-18-5-9-22-44(38)55)36-16-12-15-33(29-36)35-26-28-42-41-20-7-11-24-47(41)57-48(42)31-35/h1-31H. The Morgan fingerprint density at radius 2 is 0.772 bits per heavy atom. The van der Waals surface area contributed by atoms with Crippen LogP contribution in [0.5, 0.6) is 0 Å². The molecule has 266 valence electrons. The van der Waals surface area contributed by atoms with Gasteiger partial charge < -0.3 is 0 Å². The highest BCUT2D eigenvalue weighted by Gasteiger charge is 2.21. The van der Waals surface area contributed by atoms with Gasteiger partial charge in [0.2, 0.25) is 11.9 Å². The van der Waals surface area contributed by atoms with Gasteiger partial charge in [-0.25, -0.2) is 0 Å². The summed E-state index contributed by atoms with van der Waals surface area (Å²) in [4.78, 5) is 16.1. The highest BCUT2D eigenvalue weighted by molar-refractivity contribution is 7.25. The number of fused-ring (bicyclic) bond motifs is 9. The molecule has 0 aliphatic carbocycles. The van der Waals surface area contributed by atoms with E-state index in [1.165, 1.54) is 20.2 Å². The Balaban J connectivity index is 1.12. The van der Waals surface area contributed by atoms with Gasteiger partial charge in [0.15, 0.2) is 5.82 Å². The number of aromatic nitrogens is 5. The average molecular weight is 746 g/mol. The molecule has 0 atom stereocenters. The highest BCUT2D eigenvalue weighted by Crippen LogP contribution is 2.39. The highest BCUT2D eigenvalue weighted by atomic mass is 32.1. The van der Waals surface area contributed by atoms with Gasteiger partial charge in [0.25, 0.3) is 0 Å². The third-order valence-corrected chi connectivity index (χ3v) is 12.3. The fraction of sp³-hybridized carbons (Fsp3) is 0. The summed E-state index contributed by atoms with van der Waals surface area (Å²) in [5, 5.41) is 7.18. The van der Waals surface area contributed by atoms with E-state index < -0.39 is 0 Å². The van der Waals surface area contributed by atoms with Crippen LogP contribution in [0.15, 0.2) is 188 Å². The molecule has 4 aromatic heterocycles. The summed E-state index contributed by atoms with van der Waals surface area (Å²) in [5.41, 5.74) is 9.63. The second kappa shape index (κ2) is 12.6. The summed E-state index contributed by atoms with van der Waals surface area (Å²) in [7, 11) is 0. The van der Waals surface area contributed by atoms with Crippen molar-refractivity contribution < 1.29 is 0 Å². The Morgan fingerprint density at radius 1 is 0.298 bits per heavy atom. The Labute approximate surface area is 331 Å². The first-order valence-corrected chi connectivity index (χ1v) is 19.9. The van der Waals surface area contributed by atoms with Gasteiger partial charge in [-0.3, -0.25) is 9.13 Å². The predicted octanol–water partition coefficient (Wildman–Crippen LogP) is 13.4. The van der Waals surface area contributed by atoms with Crippen molar-refractivity contribution in [3.8, 4) is 45.5 Å². The zero-order valence-corrected chi connectivity index (χ0v) is 31.4. The smallest absolute Gasteiger partial charge is 0.240 e. The topological polar surface area (TPSA) is 48.5 Å². The first kappa shape index (κ1) is 31.9. The quantitative estimate of drug-likeness (QED) is 0.176. The number of para-hydroxylation sites is 3. The van der Waals surface area contributed by atoms with Gasteiger partial charge in [-0.2, -0.15) is 15.0 Å². The van der Waals surface area contributed by atoms with Crippen molar-refractivity contribution in [1.29, 1.82) is 0 Å². The number of hydrogen-bond acceptors (Lipinski definition) is 4. The van der Waals surface area contributed by atoms with E-state index in [0.717, 1.165) is 71.4 Å². The SMILES string of the molecule is c1ccc(-c2ccc3c4ccccc4n(-c4nc(-c5cccc(-c6ccc7c(c6)sc6ccccc67)c5)nc(-n5c6ccccc6c6ccccc65)n4)c3c2)cc1. The van der Waals surface area contributed by atoms with Crippen LogP contribution in [0.1, 0.15) is 0 Å².